The number of ether oxygens (including phenoxy) is 1. The van der Waals surface area contributed by atoms with Crippen LogP contribution in [0, 0.1) is 5.82 Å². The predicted molar refractivity (Wildman–Crippen MR) is 96.0 cm³/mol. The molecule has 0 unspecified atom stereocenters. The van der Waals surface area contributed by atoms with E-state index in [-0.39, 0.29) is 24.0 Å². The zero-order valence-electron chi connectivity index (χ0n) is 14.5. The fraction of sp³-hybridized carbons (Fsp3) is 0.278. The molecule has 9 heteroatoms. The summed E-state index contributed by atoms with van der Waals surface area (Å²) in [5, 5.41) is 10.5. The summed E-state index contributed by atoms with van der Waals surface area (Å²) in [5.74, 6) is -0.739. The Morgan fingerprint density at radius 3 is 2.44 bits per heavy atom. The first-order valence-corrected chi connectivity index (χ1v) is 9.66. The molecule has 0 aliphatic carbocycles. The van der Waals surface area contributed by atoms with Crippen molar-refractivity contribution in [1.29, 1.82) is 0 Å². The summed E-state index contributed by atoms with van der Waals surface area (Å²) in [7, 11) is -2.25. The first-order valence-electron chi connectivity index (χ1n) is 8.18. The van der Waals surface area contributed by atoms with E-state index < -0.39 is 28.0 Å². The van der Waals surface area contributed by atoms with Crippen molar-refractivity contribution in [3.63, 3.8) is 0 Å². The Morgan fingerprint density at radius 1 is 1.19 bits per heavy atom. The van der Waals surface area contributed by atoms with Crippen molar-refractivity contribution in [3.8, 4) is 0 Å². The quantitative estimate of drug-likeness (QED) is 0.802. The van der Waals surface area contributed by atoms with Crippen LogP contribution in [0.3, 0.4) is 0 Å². The number of morpholine rings is 1. The van der Waals surface area contributed by atoms with Gasteiger partial charge in [-0.05, 0) is 42.0 Å². The van der Waals surface area contributed by atoms with Gasteiger partial charge in [-0.2, -0.15) is 0 Å². The van der Waals surface area contributed by atoms with Crippen molar-refractivity contribution in [3.05, 3.63) is 59.9 Å². The Kier molecular flexibility index (Phi) is 5.45. The first kappa shape index (κ1) is 19.3. The van der Waals surface area contributed by atoms with Gasteiger partial charge in [0, 0.05) is 12.7 Å². The van der Waals surface area contributed by atoms with Crippen molar-refractivity contribution in [2.24, 2.45) is 0 Å². The van der Waals surface area contributed by atoms with E-state index in [1.54, 1.807) is 19.2 Å². The van der Waals surface area contributed by atoms with Crippen molar-refractivity contribution in [2.75, 3.05) is 25.0 Å². The lowest BCUT2D eigenvalue weighted by Gasteiger charge is -2.35. The summed E-state index contributed by atoms with van der Waals surface area (Å²) in [6, 6.07) is 10.1. The summed E-state index contributed by atoms with van der Waals surface area (Å²) in [4.78, 5) is 13.1. The van der Waals surface area contributed by atoms with Gasteiger partial charge in [0.1, 0.15) is 18.5 Å². The lowest BCUT2D eigenvalue weighted by Crippen LogP contribution is -2.49. The maximum Gasteiger partial charge on any atom is 0.261 e. The van der Waals surface area contributed by atoms with Gasteiger partial charge in [-0.25, -0.2) is 12.8 Å². The monoisotopic (exact) mass is 394 g/mol. The number of sulfonamides is 1. The standard InChI is InChI=1S/C18H19FN2O5S/c1-21-16(10-26-11-17(21)22)18(23)12-2-6-14(7-3-12)20-27(24,25)15-8-4-13(19)5-9-15/h2-9,16,18,20,23H,10-11H2,1H3/t16-,18-/m1/s1. The molecular weight excluding hydrogens is 375 g/mol. The third-order valence-electron chi connectivity index (χ3n) is 4.40. The Labute approximate surface area is 156 Å². The van der Waals surface area contributed by atoms with Crippen LogP contribution in [0.5, 0.6) is 0 Å². The van der Waals surface area contributed by atoms with Crippen LogP contribution < -0.4 is 4.72 Å². The molecule has 7 nitrogen and oxygen atoms in total. The molecule has 0 saturated carbocycles. The summed E-state index contributed by atoms with van der Waals surface area (Å²) in [6.45, 7) is 0.201. The second-order valence-electron chi connectivity index (χ2n) is 6.21. The Morgan fingerprint density at radius 2 is 1.81 bits per heavy atom. The Bertz CT molecular complexity index is 916. The van der Waals surface area contributed by atoms with Gasteiger partial charge in [-0.15, -0.1) is 0 Å². The maximum atomic E-state index is 13.0. The van der Waals surface area contributed by atoms with Crippen LogP contribution in [-0.4, -0.2) is 50.6 Å². The number of hydrogen-bond donors (Lipinski definition) is 2. The fourth-order valence-corrected chi connectivity index (χ4v) is 3.83. The van der Waals surface area contributed by atoms with Crippen LogP contribution >= 0.6 is 0 Å². The van der Waals surface area contributed by atoms with Gasteiger partial charge in [0.25, 0.3) is 10.0 Å². The number of amides is 1. The second kappa shape index (κ2) is 7.63. The number of benzene rings is 2. The largest absolute Gasteiger partial charge is 0.386 e. The lowest BCUT2D eigenvalue weighted by atomic mass is 10.0. The summed E-state index contributed by atoms with van der Waals surface area (Å²) in [5.41, 5.74) is 0.814. The lowest BCUT2D eigenvalue weighted by molar-refractivity contribution is -0.151. The molecule has 1 amide bonds. The third kappa shape index (κ3) is 4.26. The molecule has 1 saturated heterocycles. The van der Waals surface area contributed by atoms with Crippen molar-refractivity contribution >= 4 is 21.6 Å². The molecule has 144 valence electrons. The highest BCUT2D eigenvalue weighted by Crippen LogP contribution is 2.25. The van der Waals surface area contributed by atoms with Crippen LogP contribution in [0.2, 0.25) is 0 Å². The number of halogens is 1. The average molecular weight is 394 g/mol. The summed E-state index contributed by atoms with van der Waals surface area (Å²) < 4.78 is 45.2. The minimum Gasteiger partial charge on any atom is -0.386 e. The smallest absolute Gasteiger partial charge is 0.261 e. The topological polar surface area (TPSA) is 95.9 Å². The minimum atomic E-state index is -3.85. The zero-order chi connectivity index (χ0) is 19.6. The van der Waals surface area contributed by atoms with E-state index in [0.717, 1.165) is 12.1 Å². The molecule has 2 atom stereocenters. The highest BCUT2D eigenvalue weighted by atomic mass is 32.2. The number of rotatable bonds is 5. The third-order valence-corrected chi connectivity index (χ3v) is 5.80. The molecule has 0 aromatic heterocycles. The van der Waals surface area contributed by atoms with E-state index in [4.69, 9.17) is 4.74 Å². The summed E-state index contributed by atoms with van der Waals surface area (Å²) in [6.07, 6.45) is -0.970. The summed E-state index contributed by atoms with van der Waals surface area (Å²) >= 11 is 0. The molecule has 1 fully saturated rings. The number of anilines is 1. The Hall–Kier alpha value is -2.49. The normalized spacial score (nSPS) is 19.0. The van der Waals surface area contributed by atoms with Crippen LogP contribution in [0.25, 0.3) is 0 Å². The van der Waals surface area contributed by atoms with Crippen LogP contribution in [0.1, 0.15) is 11.7 Å². The van der Waals surface area contributed by atoms with Crippen LogP contribution in [0.4, 0.5) is 10.1 Å². The number of nitrogens with one attached hydrogen (secondary N) is 1. The number of carbonyl (C=O) groups is 1. The van der Waals surface area contributed by atoms with Crippen molar-refractivity contribution in [2.45, 2.75) is 17.0 Å². The van der Waals surface area contributed by atoms with E-state index in [9.17, 15) is 22.7 Å². The van der Waals surface area contributed by atoms with Gasteiger partial charge >= 0.3 is 0 Å². The highest BCUT2D eigenvalue weighted by molar-refractivity contribution is 7.92. The zero-order valence-corrected chi connectivity index (χ0v) is 15.3. The first-order chi connectivity index (χ1) is 12.8. The molecule has 2 aromatic rings. The molecular formula is C18H19FN2O5S. The molecule has 0 radical (unpaired) electrons. The van der Waals surface area contributed by atoms with Gasteiger partial charge in [0.2, 0.25) is 5.91 Å². The van der Waals surface area contributed by atoms with E-state index in [2.05, 4.69) is 4.72 Å². The minimum absolute atomic E-state index is 0.0101. The molecule has 0 spiro atoms. The molecule has 1 aliphatic heterocycles. The van der Waals surface area contributed by atoms with Gasteiger partial charge in [-0.3, -0.25) is 9.52 Å². The molecule has 1 aliphatic rings. The van der Waals surface area contributed by atoms with Crippen molar-refractivity contribution < 1.29 is 27.4 Å². The second-order valence-corrected chi connectivity index (χ2v) is 7.90. The van der Waals surface area contributed by atoms with Gasteiger partial charge in [-0.1, -0.05) is 12.1 Å². The molecule has 3 rings (SSSR count). The number of likely N-dealkylation sites (N-methyl/N-ethyl adjacent to an activating group) is 1. The van der Waals surface area contributed by atoms with Crippen LogP contribution in [0.15, 0.2) is 53.4 Å². The number of aliphatic hydroxyl groups is 1. The molecule has 2 aromatic carbocycles. The highest BCUT2D eigenvalue weighted by Gasteiger charge is 2.32. The van der Waals surface area contributed by atoms with E-state index in [1.165, 1.54) is 29.2 Å². The van der Waals surface area contributed by atoms with E-state index >= 15 is 0 Å². The van der Waals surface area contributed by atoms with Gasteiger partial charge < -0.3 is 14.7 Å². The fourth-order valence-electron chi connectivity index (χ4n) is 2.77. The molecule has 1 heterocycles. The molecule has 27 heavy (non-hydrogen) atoms. The number of nitrogens with zero attached hydrogens (tertiary/aromatic N) is 1. The average Bonchev–Trinajstić information content (AvgIpc) is 2.64. The number of hydrogen-bond acceptors (Lipinski definition) is 5. The number of aliphatic hydroxyl groups excluding tert-OH is 1. The van der Waals surface area contributed by atoms with Gasteiger partial charge in [0.05, 0.1) is 17.5 Å². The Balaban J connectivity index is 1.73. The van der Waals surface area contributed by atoms with Gasteiger partial charge in [0.15, 0.2) is 0 Å². The predicted octanol–water partition coefficient (Wildman–Crippen LogP) is 1.52. The number of carbonyl (C=O) groups excluding carboxylic acids is 1. The maximum absolute atomic E-state index is 13.0. The van der Waals surface area contributed by atoms with Crippen molar-refractivity contribution in [1.82, 2.24) is 4.90 Å². The van der Waals surface area contributed by atoms with E-state index in [1.807, 2.05) is 0 Å². The SMILES string of the molecule is CN1C(=O)COC[C@@H]1[C@H](O)c1ccc(NS(=O)(=O)c2ccc(F)cc2)cc1. The van der Waals surface area contributed by atoms with Crippen LogP contribution in [-0.2, 0) is 19.6 Å². The molecule has 0 bridgehead atoms. The van der Waals surface area contributed by atoms with E-state index in [0.29, 0.717) is 11.3 Å². The molecule has 2 N–H and O–H groups in total.